The number of amides is 1. The van der Waals surface area contributed by atoms with Gasteiger partial charge in [-0.25, -0.2) is 0 Å². The van der Waals surface area contributed by atoms with E-state index in [1.807, 2.05) is 6.07 Å². The number of non-ortho nitro benzene ring substituents is 1. The topological polar surface area (TPSA) is 67.9 Å². The summed E-state index contributed by atoms with van der Waals surface area (Å²) in [6.07, 6.45) is 6.75. The van der Waals surface area contributed by atoms with Gasteiger partial charge in [-0.05, 0) is 25.7 Å². The van der Waals surface area contributed by atoms with Crippen molar-refractivity contribution in [3.05, 3.63) is 39.9 Å². The lowest BCUT2D eigenvalue weighted by Crippen LogP contribution is -3.12. The Labute approximate surface area is 148 Å². The molecule has 2 heterocycles. The van der Waals surface area contributed by atoms with Gasteiger partial charge in [0.25, 0.3) is 5.69 Å². The molecular weight excluding hydrogens is 318 g/mol. The Kier molecular flexibility index (Phi) is 6.02. The number of nitro groups is 1. The van der Waals surface area contributed by atoms with E-state index in [1.54, 1.807) is 12.1 Å². The summed E-state index contributed by atoms with van der Waals surface area (Å²) in [6, 6.07) is 6.88. The van der Waals surface area contributed by atoms with Crippen LogP contribution in [0.25, 0.3) is 0 Å². The van der Waals surface area contributed by atoms with Crippen LogP contribution < -0.4 is 4.90 Å². The Morgan fingerprint density at radius 3 is 2.68 bits per heavy atom. The third-order valence-corrected chi connectivity index (χ3v) is 5.46. The Hall–Kier alpha value is -1.95. The van der Waals surface area contributed by atoms with Crippen molar-refractivity contribution in [1.82, 2.24) is 4.90 Å². The Bertz CT molecular complexity index is 612. The molecule has 0 saturated carbocycles. The third kappa shape index (κ3) is 4.78. The zero-order valence-electron chi connectivity index (χ0n) is 14.8. The highest BCUT2D eigenvalue weighted by Gasteiger charge is 2.32. The van der Waals surface area contributed by atoms with Crippen LogP contribution in [0.3, 0.4) is 0 Å². The molecule has 2 fully saturated rings. The summed E-state index contributed by atoms with van der Waals surface area (Å²) in [5.41, 5.74) is 1.12. The van der Waals surface area contributed by atoms with Crippen molar-refractivity contribution in [3.8, 4) is 0 Å². The maximum absolute atomic E-state index is 12.9. The average Bonchev–Trinajstić information content (AvgIpc) is 2.91. The van der Waals surface area contributed by atoms with Gasteiger partial charge in [0.2, 0.25) is 5.91 Å². The van der Waals surface area contributed by atoms with Gasteiger partial charge in [-0.1, -0.05) is 25.0 Å². The Morgan fingerprint density at radius 1 is 1.20 bits per heavy atom. The van der Waals surface area contributed by atoms with Gasteiger partial charge in [-0.2, -0.15) is 0 Å². The van der Waals surface area contributed by atoms with E-state index in [-0.39, 0.29) is 16.5 Å². The van der Waals surface area contributed by atoms with E-state index in [1.165, 1.54) is 23.8 Å². The highest BCUT2D eigenvalue weighted by molar-refractivity contribution is 5.79. The van der Waals surface area contributed by atoms with Crippen molar-refractivity contribution >= 4 is 11.6 Å². The molecule has 1 unspecified atom stereocenters. The first-order chi connectivity index (χ1) is 12.1. The normalized spacial score (nSPS) is 24.6. The van der Waals surface area contributed by atoms with Crippen molar-refractivity contribution in [1.29, 1.82) is 0 Å². The largest absolute Gasteiger partial charge is 0.342 e. The van der Waals surface area contributed by atoms with Gasteiger partial charge in [-0.3, -0.25) is 14.9 Å². The molecular formula is C19H28N3O3+. The van der Waals surface area contributed by atoms with E-state index in [2.05, 4.69) is 4.90 Å². The van der Waals surface area contributed by atoms with Crippen LogP contribution >= 0.6 is 0 Å². The van der Waals surface area contributed by atoms with Gasteiger partial charge in [-0.15, -0.1) is 0 Å². The summed E-state index contributed by atoms with van der Waals surface area (Å²) in [5.74, 6) is 0.443. The molecule has 1 amide bonds. The summed E-state index contributed by atoms with van der Waals surface area (Å²) in [6.45, 7) is 4.46. The van der Waals surface area contributed by atoms with Crippen molar-refractivity contribution in [3.63, 3.8) is 0 Å². The van der Waals surface area contributed by atoms with Gasteiger partial charge in [0.15, 0.2) is 0 Å². The van der Waals surface area contributed by atoms with Crippen molar-refractivity contribution in [2.24, 2.45) is 5.92 Å². The predicted octanol–water partition coefficient (Wildman–Crippen LogP) is 1.79. The second-order valence-corrected chi connectivity index (χ2v) is 7.39. The molecule has 3 rings (SSSR count). The molecule has 0 radical (unpaired) electrons. The first-order valence-corrected chi connectivity index (χ1v) is 9.49. The fourth-order valence-corrected chi connectivity index (χ4v) is 4.14. The zero-order valence-corrected chi connectivity index (χ0v) is 14.8. The van der Waals surface area contributed by atoms with Crippen LogP contribution in [0.4, 0.5) is 5.69 Å². The minimum Gasteiger partial charge on any atom is -0.342 e. The molecule has 1 N–H and O–H groups in total. The van der Waals surface area contributed by atoms with Crippen LogP contribution in [0.1, 0.15) is 44.1 Å². The Morgan fingerprint density at radius 2 is 1.96 bits per heavy atom. The lowest BCUT2D eigenvalue weighted by molar-refractivity contribution is -0.921. The van der Waals surface area contributed by atoms with E-state index in [0.29, 0.717) is 5.91 Å². The number of quaternary nitrogens is 1. The van der Waals surface area contributed by atoms with E-state index >= 15 is 0 Å². The highest BCUT2D eigenvalue weighted by atomic mass is 16.6. The SMILES string of the molecule is O=C([C@@H]1CCC[NH+](Cc2cccc([N+](=O)[O-])c2)C1)N1CCCCCC1. The van der Waals surface area contributed by atoms with E-state index in [4.69, 9.17) is 0 Å². The van der Waals surface area contributed by atoms with Crippen LogP contribution in [0.5, 0.6) is 0 Å². The first kappa shape index (κ1) is 17.9. The Balaban J connectivity index is 1.60. The number of benzene rings is 1. The zero-order chi connectivity index (χ0) is 17.6. The highest BCUT2D eigenvalue weighted by Crippen LogP contribution is 2.17. The van der Waals surface area contributed by atoms with Crippen LogP contribution in [-0.4, -0.2) is 41.9 Å². The second kappa shape index (κ2) is 8.43. The molecule has 2 aliphatic heterocycles. The summed E-state index contributed by atoms with van der Waals surface area (Å²) in [4.78, 5) is 26.9. The number of nitro benzene ring substituents is 1. The predicted molar refractivity (Wildman–Crippen MR) is 95.3 cm³/mol. The minimum absolute atomic E-state index is 0.112. The van der Waals surface area contributed by atoms with Crippen LogP contribution in [0.2, 0.25) is 0 Å². The maximum Gasteiger partial charge on any atom is 0.269 e. The fraction of sp³-hybridized carbons (Fsp3) is 0.632. The number of hydrogen-bond acceptors (Lipinski definition) is 3. The molecule has 6 heteroatoms. The number of nitrogens with zero attached hydrogens (tertiary/aromatic N) is 2. The summed E-state index contributed by atoms with van der Waals surface area (Å²) >= 11 is 0. The van der Waals surface area contributed by atoms with Crippen LogP contribution in [-0.2, 0) is 11.3 Å². The van der Waals surface area contributed by atoms with E-state index < -0.39 is 0 Å². The number of carbonyl (C=O) groups excluding carboxylic acids is 1. The molecule has 136 valence electrons. The van der Waals surface area contributed by atoms with Crippen LogP contribution in [0, 0.1) is 16.0 Å². The lowest BCUT2D eigenvalue weighted by atomic mass is 9.96. The number of rotatable bonds is 4. The number of likely N-dealkylation sites (tertiary alicyclic amines) is 2. The summed E-state index contributed by atoms with van der Waals surface area (Å²) < 4.78 is 0. The van der Waals surface area contributed by atoms with Crippen molar-refractivity contribution < 1.29 is 14.6 Å². The molecule has 2 aliphatic rings. The molecule has 2 saturated heterocycles. The third-order valence-electron chi connectivity index (χ3n) is 5.46. The van der Waals surface area contributed by atoms with Crippen LogP contribution in [0.15, 0.2) is 24.3 Å². The van der Waals surface area contributed by atoms with Crippen molar-refractivity contribution in [2.75, 3.05) is 26.2 Å². The quantitative estimate of drug-likeness (QED) is 0.668. The monoisotopic (exact) mass is 346 g/mol. The van der Waals surface area contributed by atoms with Gasteiger partial charge >= 0.3 is 0 Å². The molecule has 0 aliphatic carbocycles. The van der Waals surface area contributed by atoms with Gasteiger partial charge < -0.3 is 9.80 Å². The van der Waals surface area contributed by atoms with E-state index in [9.17, 15) is 14.9 Å². The number of piperidine rings is 1. The molecule has 2 atom stereocenters. The molecule has 25 heavy (non-hydrogen) atoms. The smallest absolute Gasteiger partial charge is 0.269 e. The fourth-order valence-electron chi connectivity index (χ4n) is 4.14. The van der Waals surface area contributed by atoms with Crippen molar-refractivity contribution in [2.45, 2.75) is 45.1 Å². The van der Waals surface area contributed by atoms with Gasteiger partial charge in [0.1, 0.15) is 6.54 Å². The molecule has 0 aromatic heterocycles. The number of hydrogen-bond donors (Lipinski definition) is 1. The molecule has 1 aromatic carbocycles. The lowest BCUT2D eigenvalue weighted by Gasteiger charge is -2.32. The maximum atomic E-state index is 12.9. The molecule has 6 nitrogen and oxygen atoms in total. The van der Waals surface area contributed by atoms with Gasteiger partial charge in [0, 0.05) is 30.8 Å². The second-order valence-electron chi connectivity index (χ2n) is 7.39. The standard InChI is InChI=1S/C19H27N3O3/c23-19(21-11-3-1-2-4-12-21)17-8-6-10-20(15-17)14-16-7-5-9-18(13-16)22(24)25/h5,7,9,13,17H,1-4,6,8,10-12,14-15H2/p+1/t17-/m1/s1. The molecule has 1 aromatic rings. The first-order valence-electron chi connectivity index (χ1n) is 9.49. The molecule has 0 spiro atoms. The molecule has 0 bridgehead atoms. The van der Waals surface area contributed by atoms with Gasteiger partial charge in [0.05, 0.1) is 23.9 Å². The summed E-state index contributed by atoms with van der Waals surface area (Å²) in [5, 5.41) is 10.9. The average molecular weight is 346 g/mol. The number of nitrogens with one attached hydrogen (secondary N) is 1. The summed E-state index contributed by atoms with van der Waals surface area (Å²) in [7, 11) is 0. The minimum atomic E-state index is -0.347. The van der Waals surface area contributed by atoms with E-state index in [0.717, 1.165) is 64.0 Å². The number of carbonyl (C=O) groups is 1.